The van der Waals surface area contributed by atoms with Gasteiger partial charge in [0.05, 0.1) is 6.54 Å². The van der Waals surface area contributed by atoms with E-state index in [0.717, 1.165) is 32.4 Å². The number of rotatable bonds is 5. The quantitative estimate of drug-likeness (QED) is 0.881. The molecule has 1 aromatic heterocycles. The summed E-state index contributed by atoms with van der Waals surface area (Å²) in [6.07, 6.45) is 10.8. The molecule has 0 saturated heterocycles. The molecule has 1 saturated carbocycles. The Kier molecular flexibility index (Phi) is 5.37. The second kappa shape index (κ2) is 8.07. The molecule has 0 radical (unpaired) electrons. The zero-order valence-corrected chi connectivity index (χ0v) is 15.5. The van der Waals surface area contributed by atoms with Gasteiger partial charge < -0.3 is 5.32 Å². The van der Waals surface area contributed by atoms with Crippen LogP contribution in [0, 0.1) is 5.92 Å². The standard InChI is InChI=1S/C22H29N3O/c26-22(23-15-17-9-3-1-4-10-17)21-19-13-7-8-14-20(19)25(24-21)16-18-11-5-2-6-12-18/h2,5-6,11-12,17H,1,3-4,7-10,13-16H2,(H,23,26). The molecular weight excluding hydrogens is 322 g/mol. The molecule has 2 aromatic rings. The number of carbonyl (C=O) groups is 1. The molecule has 0 spiro atoms. The monoisotopic (exact) mass is 351 g/mol. The summed E-state index contributed by atoms with van der Waals surface area (Å²) in [4.78, 5) is 12.8. The van der Waals surface area contributed by atoms with E-state index in [4.69, 9.17) is 5.10 Å². The maximum absolute atomic E-state index is 12.8. The minimum absolute atomic E-state index is 0.0283. The minimum atomic E-state index is 0.0283. The van der Waals surface area contributed by atoms with Crippen molar-refractivity contribution < 1.29 is 4.79 Å². The predicted molar refractivity (Wildman–Crippen MR) is 103 cm³/mol. The van der Waals surface area contributed by atoms with Crippen LogP contribution in [0.15, 0.2) is 30.3 Å². The van der Waals surface area contributed by atoms with Crippen LogP contribution in [0.2, 0.25) is 0 Å². The Balaban J connectivity index is 1.50. The first kappa shape index (κ1) is 17.3. The Morgan fingerprint density at radius 1 is 1.04 bits per heavy atom. The number of amides is 1. The average Bonchev–Trinajstić information content (AvgIpc) is 3.06. The van der Waals surface area contributed by atoms with E-state index in [1.54, 1.807) is 0 Å². The largest absolute Gasteiger partial charge is 0.350 e. The van der Waals surface area contributed by atoms with E-state index < -0.39 is 0 Å². The first-order chi connectivity index (χ1) is 12.8. The number of carbonyl (C=O) groups excluding carboxylic acids is 1. The van der Waals surface area contributed by atoms with Crippen LogP contribution in [-0.4, -0.2) is 22.2 Å². The van der Waals surface area contributed by atoms with Gasteiger partial charge in [0.15, 0.2) is 5.69 Å². The van der Waals surface area contributed by atoms with E-state index in [-0.39, 0.29) is 5.91 Å². The van der Waals surface area contributed by atoms with Crippen LogP contribution < -0.4 is 5.32 Å². The molecule has 1 heterocycles. The van der Waals surface area contributed by atoms with Crippen LogP contribution >= 0.6 is 0 Å². The van der Waals surface area contributed by atoms with Gasteiger partial charge in [-0.2, -0.15) is 5.10 Å². The lowest BCUT2D eigenvalue weighted by Gasteiger charge is -2.21. The predicted octanol–water partition coefficient (Wildman–Crippen LogP) is 4.12. The topological polar surface area (TPSA) is 46.9 Å². The van der Waals surface area contributed by atoms with Crippen molar-refractivity contribution in [1.29, 1.82) is 0 Å². The van der Waals surface area contributed by atoms with Crippen LogP contribution in [0.4, 0.5) is 0 Å². The molecule has 138 valence electrons. The molecule has 1 aromatic carbocycles. The number of nitrogens with one attached hydrogen (secondary N) is 1. The fraction of sp³-hybridized carbons (Fsp3) is 0.545. The molecule has 0 unspecified atom stereocenters. The summed E-state index contributed by atoms with van der Waals surface area (Å²) in [7, 11) is 0. The molecule has 1 amide bonds. The second-order valence-electron chi connectivity index (χ2n) is 7.84. The number of hydrogen-bond donors (Lipinski definition) is 1. The van der Waals surface area contributed by atoms with Crippen molar-refractivity contribution in [2.45, 2.75) is 64.3 Å². The van der Waals surface area contributed by atoms with Crippen molar-refractivity contribution in [3.8, 4) is 0 Å². The lowest BCUT2D eigenvalue weighted by molar-refractivity contribution is 0.0936. The highest BCUT2D eigenvalue weighted by Gasteiger charge is 2.25. The molecule has 0 bridgehead atoms. The molecule has 26 heavy (non-hydrogen) atoms. The van der Waals surface area contributed by atoms with Gasteiger partial charge in [0, 0.05) is 17.8 Å². The van der Waals surface area contributed by atoms with Crippen LogP contribution in [0.1, 0.15) is 72.3 Å². The first-order valence-corrected chi connectivity index (χ1v) is 10.2. The van der Waals surface area contributed by atoms with E-state index >= 15 is 0 Å². The normalized spacial score (nSPS) is 17.7. The Morgan fingerprint density at radius 3 is 2.62 bits per heavy atom. The molecule has 2 aliphatic carbocycles. The number of aromatic nitrogens is 2. The van der Waals surface area contributed by atoms with Crippen molar-refractivity contribution in [1.82, 2.24) is 15.1 Å². The molecule has 0 atom stereocenters. The van der Waals surface area contributed by atoms with E-state index in [1.165, 1.54) is 55.3 Å². The summed E-state index contributed by atoms with van der Waals surface area (Å²) in [6.45, 7) is 1.55. The fourth-order valence-corrected chi connectivity index (χ4v) is 4.45. The molecular formula is C22H29N3O. The van der Waals surface area contributed by atoms with Gasteiger partial charge in [0.2, 0.25) is 0 Å². The van der Waals surface area contributed by atoms with Crippen LogP contribution in [0.3, 0.4) is 0 Å². The number of benzene rings is 1. The summed E-state index contributed by atoms with van der Waals surface area (Å²) in [6, 6.07) is 10.4. The van der Waals surface area contributed by atoms with E-state index in [1.807, 2.05) is 6.07 Å². The van der Waals surface area contributed by atoms with E-state index in [9.17, 15) is 4.79 Å². The van der Waals surface area contributed by atoms with Gasteiger partial charge in [0.1, 0.15) is 0 Å². The van der Waals surface area contributed by atoms with Gasteiger partial charge in [-0.1, -0.05) is 49.6 Å². The SMILES string of the molecule is O=C(NCC1CCCCC1)c1nn(Cc2ccccc2)c2c1CCCC2. The lowest BCUT2D eigenvalue weighted by Crippen LogP contribution is -2.31. The van der Waals surface area contributed by atoms with Crippen LogP contribution in [0.5, 0.6) is 0 Å². The highest BCUT2D eigenvalue weighted by Crippen LogP contribution is 2.26. The first-order valence-electron chi connectivity index (χ1n) is 10.2. The van der Waals surface area contributed by atoms with Gasteiger partial charge >= 0.3 is 0 Å². The maximum Gasteiger partial charge on any atom is 0.272 e. The third-order valence-electron chi connectivity index (χ3n) is 5.92. The molecule has 4 heteroatoms. The van der Waals surface area contributed by atoms with Gasteiger partial charge in [-0.3, -0.25) is 9.48 Å². The number of fused-ring (bicyclic) bond motifs is 1. The summed E-state index contributed by atoms with van der Waals surface area (Å²) in [5.41, 5.74) is 4.36. The zero-order chi connectivity index (χ0) is 17.8. The second-order valence-corrected chi connectivity index (χ2v) is 7.84. The van der Waals surface area contributed by atoms with Crippen molar-refractivity contribution in [2.24, 2.45) is 5.92 Å². The Hall–Kier alpha value is -2.10. The summed E-state index contributed by atoms with van der Waals surface area (Å²) in [5.74, 6) is 0.676. The molecule has 2 aliphatic rings. The third kappa shape index (κ3) is 3.84. The third-order valence-corrected chi connectivity index (χ3v) is 5.92. The van der Waals surface area contributed by atoms with Crippen molar-refractivity contribution in [2.75, 3.05) is 6.54 Å². The maximum atomic E-state index is 12.8. The van der Waals surface area contributed by atoms with Crippen LogP contribution in [-0.2, 0) is 19.4 Å². The highest BCUT2D eigenvalue weighted by atomic mass is 16.1. The summed E-state index contributed by atoms with van der Waals surface area (Å²) >= 11 is 0. The molecule has 0 aliphatic heterocycles. The van der Waals surface area contributed by atoms with Crippen LogP contribution in [0.25, 0.3) is 0 Å². The van der Waals surface area contributed by atoms with E-state index in [2.05, 4.69) is 34.3 Å². The molecule has 4 nitrogen and oxygen atoms in total. The lowest BCUT2D eigenvalue weighted by atomic mass is 9.89. The average molecular weight is 351 g/mol. The molecule has 1 N–H and O–H groups in total. The summed E-state index contributed by atoms with van der Waals surface area (Å²) < 4.78 is 2.07. The van der Waals surface area contributed by atoms with Crippen molar-refractivity contribution in [3.05, 3.63) is 52.8 Å². The Morgan fingerprint density at radius 2 is 1.81 bits per heavy atom. The minimum Gasteiger partial charge on any atom is -0.350 e. The van der Waals surface area contributed by atoms with Gasteiger partial charge in [0.25, 0.3) is 5.91 Å². The van der Waals surface area contributed by atoms with E-state index in [0.29, 0.717) is 11.6 Å². The molecule has 1 fully saturated rings. The number of nitrogens with zero attached hydrogens (tertiary/aromatic N) is 2. The van der Waals surface area contributed by atoms with Gasteiger partial charge in [-0.15, -0.1) is 0 Å². The zero-order valence-electron chi connectivity index (χ0n) is 15.5. The van der Waals surface area contributed by atoms with Gasteiger partial charge in [-0.05, 0) is 50.0 Å². The molecule has 4 rings (SSSR count). The smallest absolute Gasteiger partial charge is 0.272 e. The van der Waals surface area contributed by atoms with Crippen molar-refractivity contribution >= 4 is 5.91 Å². The Bertz CT molecular complexity index is 744. The number of hydrogen-bond acceptors (Lipinski definition) is 2. The van der Waals surface area contributed by atoms with Crippen molar-refractivity contribution in [3.63, 3.8) is 0 Å². The summed E-state index contributed by atoms with van der Waals surface area (Å²) in [5, 5.41) is 7.94. The fourth-order valence-electron chi connectivity index (χ4n) is 4.45. The van der Waals surface area contributed by atoms with Gasteiger partial charge in [-0.25, -0.2) is 0 Å². The highest BCUT2D eigenvalue weighted by molar-refractivity contribution is 5.94. The Labute approximate surface area is 156 Å².